The van der Waals surface area contributed by atoms with Crippen molar-refractivity contribution >= 4 is 0 Å². The molecule has 2 heteroatoms. The molecule has 0 fully saturated rings. The van der Waals surface area contributed by atoms with E-state index in [0.717, 1.165) is 12.0 Å². The molecule has 1 unspecified atom stereocenters. The van der Waals surface area contributed by atoms with Crippen LogP contribution in [0.4, 0.5) is 0 Å². The second kappa shape index (κ2) is 4.46. The smallest absolute Gasteiger partial charge is 0.169 e. The Morgan fingerprint density at radius 3 is 2.93 bits per heavy atom. The molecule has 1 aliphatic carbocycles. The fourth-order valence-electron chi connectivity index (χ4n) is 2.13. The van der Waals surface area contributed by atoms with Gasteiger partial charge in [-0.05, 0) is 42.9 Å². The molecule has 1 aromatic rings. The lowest BCUT2D eigenvalue weighted by Crippen LogP contribution is -2.02. The predicted molar refractivity (Wildman–Crippen MR) is 58.4 cm³/mol. The van der Waals surface area contributed by atoms with E-state index in [4.69, 9.17) is 10.00 Å². The van der Waals surface area contributed by atoms with Crippen LogP contribution in [0.2, 0.25) is 0 Å². The molecule has 1 aliphatic rings. The lowest BCUT2D eigenvalue weighted by atomic mass is 10.0. The summed E-state index contributed by atoms with van der Waals surface area (Å²) < 4.78 is 5.38. The van der Waals surface area contributed by atoms with Gasteiger partial charge in [0.05, 0.1) is 6.07 Å². The Hall–Kier alpha value is -1.33. The number of nitriles is 1. The first-order chi connectivity index (χ1) is 7.35. The first kappa shape index (κ1) is 10.2. The zero-order valence-electron chi connectivity index (χ0n) is 8.99. The van der Waals surface area contributed by atoms with Gasteiger partial charge < -0.3 is 4.74 Å². The van der Waals surface area contributed by atoms with Crippen LogP contribution in [-0.2, 0) is 17.6 Å². The number of nitrogens with zero attached hydrogens (tertiary/aromatic N) is 1. The molecule has 2 nitrogen and oxygen atoms in total. The van der Waals surface area contributed by atoms with Crippen LogP contribution in [-0.4, -0.2) is 6.61 Å². The van der Waals surface area contributed by atoms with Crippen LogP contribution in [0.15, 0.2) is 18.2 Å². The van der Waals surface area contributed by atoms with E-state index in [1.165, 1.54) is 24.0 Å². The molecular weight excluding hydrogens is 186 g/mol. The Kier molecular flexibility index (Phi) is 3.03. The van der Waals surface area contributed by atoms with Crippen LogP contribution < -0.4 is 0 Å². The van der Waals surface area contributed by atoms with Crippen LogP contribution in [0, 0.1) is 11.3 Å². The Balaban J connectivity index is 2.25. The SMILES string of the molecule is CCOC(C#N)c1ccc2c(c1)CCC2. The van der Waals surface area contributed by atoms with E-state index >= 15 is 0 Å². The van der Waals surface area contributed by atoms with Gasteiger partial charge in [0.15, 0.2) is 6.10 Å². The van der Waals surface area contributed by atoms with Crippen LogP contribution in [0.5, 0.6) is 0 Å². The van der Waals surface area contributed by atoms with Gasteiger partial charge in [-0.25, -0.2) is 0 Å². The fourth-order valence-corrected chi connectivity index (χ4v) is 2.13. The summed E-state index contributed by atoms with van der Waals surface area (Å²) in [6, 6.07) is 8.48. The molecule has 2 rings (SSSR count). The number of aryl methyl sites for hydroxylation is 2. The van der Waals surface area contributed by atoms with Crippen molar-refractivity contribution in [3.63, 3.8) is 0 Å². The lowest BCUT2D eigenvalue weighted by Gasteiger charge is -2.10. The molecule has 0 bridgehead atoms. The van der Waals surface area contributed by atoms with E-state index in [0.29, 0.717) is 6.61 Å². The highest BCUT2D eigenvalue weighted by Gasteiger charge is 2.15. The molecule has 0 saturated carbocycles. The third-order valence-corrected chi connectivity index (χ3v) is 2.88. The summed E-state index contributed by atoms with van der Waals surface area (Å²) >= 11 is 0. The highest BCUT2D eigenvalue weighted by atomic mass is 16.5. The van der Waals surface area contributed by atoms with Crippen molar-refractivity contribution in [1.29, 1.82) is 5.26 Å². The monoisotopic (exact) mass is 201 g/mol. The number of fused-ring (bicyclic) bond motifs is 1. The van der Waals surface area contributed by atoms with Crippen molar-refractivity contribution in [2.24, 2.45) is 0 Å². The molecule has 0 amide bonds. The normalized spacial score (nSPS) is 15.7. The summed E-state index contributed by atoms with van der Waals surface area (Å²) in [5.41, 5.74) is 3.83. The number of hydrogen-bond donors (Lipinski definition) is 0. The first-order valence-electron chi connectivity index (χ1n) is 5.48. The second-order valence-electron chi connectivity index (χ2n) is 3.85. The van der Waals surface area contributed by atoms with Crippen molar-refractivity contribution in [2.75, 3.05) is 6.61 Å². The average Bonchev–Trinajstić information content (AvgIpc) is 2.72. The van der Waals surface area contributed by atoms with E-state index in [2.05, 4.69) is 18.2 Å². The Bertz CT molecular complexity index is 392. The summed E-state index contributed by atoms with van der Waals surface area (Å²) in [5.74, 6) is 0. The van der Waals surface area contributed by atoms with Gasteiger partial charge in [0.25, 0.3) is 0 Å². The van der Waals surface area contributed by atoms with Crippen molar-refractivity contribution in [3.05, 3.63) is 34.9 Å². The number of hydrogen-bond acceptors (Lipinski definition) is 2. The Labute approximate surface area is 90.5 Å². The minimum absolute atomic E-state index is 0.402. The van der Waals surface area contributed by atoms with E-state index in [1.54, 1.807) is 0 Å². The molecule has 0 radical (unpaired) electrons. The zero-order valence-corrected chi connectivity index (χ0v) is 8.99. The molecule has 78 valence electrons. The molecule has 0 aromatic heterocycles. The van der Waals surface area contributed by atoms with Gasteiger partial charge in [-0.2, -0.15) is 5.26 Å². The zero-order chi connectivity index (χ0) is 10.7. The van der Waals surface area contributed by atoms with E-state index in [-0.39, 0.29) is 0 Å². The Morgan fingerprint density at radius 1 is 1.40 bits per heavy atom. The molecule has 0 aliphatic heterocycles. The van der Waals surface area contributed by atoms with Gasteiger partial charge in [-0.1, -0.05) is 18.2 Å². The second-order valence-corrected chi connectivity index (χ2v) is 3.85. The predicted octanol–water partition coefficient (Wildman–Crippen LogP) is 2.78. The van der Waals surface area contributed by atoms with Gasteiger partial charge in [0.1, 0.15) is 0 Å². The van der Waals surface area contributed by atoms with Gasteiger partial charge >= 0.3 is 0 Å². The quantitative estimate of drug-likeness (QED) is 0.753. The molecule has 0 N–H and O–H groups in total. The lowest BCUT2D eigenvalue weighted by molar-refractivity contribution is 0.102. The van der Waals surface area contributed by atoms with Gasteiger partial charge in [0.2, 0.25) is 0 Å². The summed E-state index contributed by atoms with van der Waals surface area (Å²) in [7, 11) is 0. The maximum Gasteiger partial charge on any atom is 0.169 e. The van der Waals surface area contributed by atoms with Crippen molar-refractivity contribution in [2.45, 2.75) is 32.3 Å². The number of rotatable bonds is 3. The Morgan fingerprint density at radius 2 is 2.20 bits per heavy atom. The maximum absolute atomic E-state index is 8.98. The highest BCUT2D eigenvalue weighted by molar-refractivity contribution is 5.37. The third kappa shape index (κ3) is 2.03. The fraction of sp³-hybridized carbons (Fsp3) is 0.462. The van der Waals surface area contributed by atoms with Gasteiger partial charge in [-0.3, -0.25) is 0 Å². The van der Waals surface area contributed by atoms with E-state index in [1.807, 2.05) is 13.0 Å². The molecule has 0 heterocycles. The molecule has 1 atom stereocenters. The number of benzene rings is 1. The van der Waals surface area contributed by atoms with Gasteiger partial charge in [0, 0.05) is 6.61 Å². The summed E-state index contributed by atoms with van der Waals surface area (Å²) in [5, 5.41) is 8.98. The molecule has 0 spiro atoms. The van der Waals surface area contributed by atoms with Crippen molar-refractivity contribution in [3.8, 4) is 6.07 Å². The number of ether oxygens (including phenoxy) is 1. The standard InChI is InChI=1S/C13H15NO/c1-2-15-13(9-14)12-7-6-10-4-3-5-11(10)8-12/h6-8,13H,2-5H2,1H3. The van der Waals surface area contributed by atoms with E-state index in [9.17, 15) is 0 Å². The molecule has 1 aromatic carbocycles. The van der Waals surface area contributed by atoms with Crippen molar-refractivity contribution in [1.82, 2.24) is 0 Å². The van der Waals surface area contributed by atoms with Crippen LogP contribution >= 0.6 is 0 Å². The average molecular weight is 201 g/mol. The largest absolute Gasteiger partial charge is 0.359 e. The van der Waals surface area contributed by atoms with E-state index < -0.39 is 6.10 Å². The first-order valence-corrected chi connectivity index (χ1v) is 5.48. The minimum atomic E-state index is -0.402. The summed E-state index contributed by atoms with van der Waals surface area (Å²) in [4.78, 5) is 0. The maximum atomic E-state index is 8.98. The van der Waals surface area contributed by atoms with Crippen LogP contribution in [0.3, 0.4) is 0 Å². The van der Waals surface area contributed by atoms with Crippen LogP contribution in [0.1, 0.15) is 36.1 Å². The van der Waals surface area contributed by atoms with Crippen molar-refractivity contribution < 1.29 is 4.74 Å². The summed E-state index contributed by atoms with van der Waals surface area (Å²) in [6.07, 6.45) is 3.17. The topological polar surface area (TPSA) is 33.0 Å². The molecular formula is C13H15NO. The van der Waals surface area contributed by atoms with Gasteiger partial charge in [-0.15, -0.1) is 0 Å². The summed E-state index contributed by atoms with van der Waals surface area (Å²) in [6.45, 7) is 2.49. The minimum Gasteiger partial charge on any atom is -0.359 e. The molecule has 0 saturated heterocycles. The highest BCUT2D eigenvalue weighted by Crippen LogP contribution is 2.26. The third-order valence-electron chi connectivity index (χ3n) is 2.88. The molecule has 15 heavy (non-hydrogen) atoms. The van der Waals surface area contributed by atoms with Crippen LogP contribution in [0.25, 0.3) is 0 Å².